The fraction of sp³-hybridized carbons (Fsp3) is 0.0769. The molecule has 6 nitrogen and oxygen atoms in total. The van der Waals surface area contributed by atoms with Gasteiger partial charge in [-0.05, 0) is 18.2 Å². The smallest absolute Gasteiger partial charge is 0.359 e. The zero-order valence-corrected chi connectivity index (χ0v) is 11.3. The number of benzene rings is 1. The minimum absolute atomic E-state index is 0.00915. The molecule has 1 amide bonds. The molecule has 21 heavy (non-hydrogen) atoms. The number of anilines is 1. The van der Waals surface area contributed by atoms with E-state index in [-0.39, 0.29) is 16.4 Å². The second-order valence-corrected chi connectivity index (χ2v) is 4.25. The molecular formula is C13H9ClFN3O3. The standard InChI is InChI=1S/C13H9ClFN3O3/c14-9-5-8(15)1-2-10(9)18-12(19)7-21-13(20)11-6-16-3-4-17-11/h1-6H,7H2,(H,18,19). The average Bonchev–Trinajstić information content (AvgIpc) is 2.48. The fourth-order valence-electron chi connectivity index (χ4n) is 1.39. The first-order valence-corrected chi connectivity index (χ1v) is 6.12. The lowest BCUT2D eigenvalue weighted by molar-refractivity contribution is -0.119. The van der Waals surface area contributed by atoms with Gasteiger partial charge >= 0.3 is 5.97 Å². The zero-order valence-electron chi connectivity index (χ0n) is 10.5. The highest BCUT2D eigenvalue weighted by Gasteiger charge is 2.12. The van der Waals surface area contributed by atoms with E-state index in [0.717, 1.165) is 12.1 Å². The van der Waals surface area contributed by atoms with Crippen LogP contribution in [-0.4, -0.2) is 28.5 Å². The molecule has 0 fully saturated rings. The van der Waals surface area contributed by atoms with Crippen molar-refractivity contribution < 1.29 is 18.7 Å². The molecule has 2 aromatic rings. The Hall–Kier alpha value is -2.54. The van der Waals surface area contributed by atoms with Crippen LogP contribution in [0.25, 0.3) is 0 Å². The quantitative estimate of drug-likeness (QED) is 0.874. The third-order valence-corrected chi connectivity index (χ3v) is 2.62. The van der Waals surface area contributed by atoms with E-state index in [9.17, 15) is 14.0 Å². The van der Waals surface area contributed by atoms with E-state index in [1.807, 2.05) is 0 Å². The van der Waals surface area contributed by atoms with Crippen molar-refractivity contribution in [1.29, 1.82) is 0 Å². The van der Waals surface area contributed by atoms with Crippen molar-refractivity contribution in [3.05, 3.63) is 53.3 Å². The first kappa shape index (κ1) is 14.9. The highest BCUT2D eigenvalue weighted by molar-refractivity contribution is 6.33. The third kappa shape index (κ3) is 4.22. The first-order chi connectivity index (χ1) is 10.1. The molecule has 0 radical (unpaired) electrons. The summed E-state index contributed by atoms with van der Waals surface area (Å²) in [7, 11) is 0. The van der Waals surface area contributed by atoms with Crippen molar-refractivity contribution >= 4 is 29.2 Å². The number of amides is 1. The van der Waals surface area contributed by atoms with Gasteiger partial charge in [0.1, 0.15) is 5.82 Å². The molecule has 8 heteroatoms. The van der Waals surface area contributed by atoms with Gasteiger partial charge < -0.3 is 10.1 Å². The molecule has 1 aromatic heterocycles. The Bertz CT molecular complexity index is 667. The molecule has 0 bridgehead atoms. The molecule has 0 aliphatic carbocycles. The van der Waals surface area contributed by atoms with E-state index in [1.54, 1.807) is 0 Å². The summed E-state index contributed by atoms with van der Waals surface area (Å²) in [5.41, 5.74) is 0.212. The summed E-state index contributed by atoms with van der Waals surface area (Å²) in [5.74, 6) is -1.91. The Morgan fingerprint density at radius 1 is 1.33 bits per heavy atom. The second-order valence-electron chi connectivity index (χ2n) is 3.84. The van der Waals surface area contributed by atoms with Crippen LogP contribution in [0.2, 0.25) is 5.02 Å². The first-order valence-electron chi connectivity index (χ1n) is 5.74. The Morgan fingerprint density at radius 2 is 2.14 bits per heavy atom. The summed E-state index contributed by atoms with van der Waals surface area (Å²) in [6.45, 7) is -0.525. The number of esters is 1. The van der Waals surface area contributed by atoms with Gasteiger partial charge in [0.25, 0.3) is 5.91 Å². The molecule has 0 aliphatic rings. The van der Waals surface area contributed by atoms with Crippen molar-refractivity contribution in [2.75, 3.05) is 11.9 Å². The highest BCUT2D eigenvalue weighted by atomic mass is 35.5. The maximum Gasteiger partial charge on any atom is 0.359 e. The number of nitrogens with one attached hydrogen (secondary N) is 1. The van der Waals surface area contributed by atoms with E-state index in [0.29, 0.717) is 0 Å². The second kappa shape index (κ2) is 6.76. The predicted molar refractivity (Wildman–Crippen MR) is 72.4 cm³/mol. The van der Waals surface area contributed by atoms with Gasteiger partial charge in [-0.1, -0.05) is 11.6 Å². The van der Waals surface area contributed by atoms with E-state index in [4.69, 9.17) is 16.3 Å². The van der Waals surface area contributed by atoms with E-state index in [2.05, 4.69) is 15.3 Å². The summed E-state index contributed by atoms with van der Waals surface area (Å²) < 4.78 is 17.6. The van der Waals surface area contributed by atoms with Crippen LogP contribution in [0.3, 0.4) is 0 Å². The molecule has 0 saturated heterocycles. The summed E-state index contributed by atoms with van der Waals surface area (Å²) in [5, 5.41) is 2.44. The normalized spacial score (nSPS) is 10.0. The number of rotatable bonds is 4. The molecule has 108 valence electrons. The fourth-order valence-corrected chi connectivity index (χ4v) is 1.60. The largest absolute Gasteiger partial charge is 0.451 e. The number of hydrogen-bond donors (Lipinski definition) is 1. The lowest BCUT2D eigenvalue weighted by atomic mass is 10.3. The molecule has 0 saturated carbocycles. The van der Waals surface area contributed by atoms with Crippen molar-refractivity contribution in [2.45, 2.75) is 0 Å². The maximum atomic E-state index is 12.8. The Labute approximate surface area is 123 Å². The summed E-state index contributed by atoms with van der Waals surface area (Å²) >= 11 is 5.75. The van der Waals surface area contributed by atoms with Gasteiger partial charge in [0.05, 0.1) is 16.9 Å². The number of carbonyl (C=O) groups excluding carboxylic acids is 2. The number of nitrogens with zero attached hydrogens (tertiary/aromatic N) is 2. The lowest BCUT2D eigenvalue weighted by Crippen LogP contribution is -2.21. The molecular weight excluding hydrogens is 301 g/mol. The lowest BCUT2D eigenvalue weighted by Gasteiger charge is -2.07. The van der Waals surface area contributed by atoms with Crippen LogP contribution < -0.4 is 5.32 Å². The van der Waals surface area contributed by atoms with E-state index < -0.39 is 24.3 Å². The number of ether oxygens (including phenoxy) is 1. The monoisotopic (exact) mass is 309 g/mol. The van der Waals surface area contributed by atoms with Gasteiger partial charge in [-0.3, -0.25) is 9.78 Å². The molecule has 2 rings (SSSR count). The number of carbonyl (C=O) groups is 2. The Kier molecular flexibility index (Phi) is 4.78. The molecule has 0 spiro atoms. The van der Waals surface area contributed by atoms with Crippen LogP contribution in [0.5, 0.6) is 0 Å². The van der Waals surface area contributed by atoms with Crippen LogP contribution in [0.4, 0.5) is 10.1 Å². The van der Waals surface area contributed by atoms with Crippen molar-refractivity contribution in [3.8, 4) is 0 Å². The minimum atomic E-state index is -0.775. The summed E-state index contributed by atoms with van der Waals surface area (Å²) in [6.07, 6.45) is 3.95. The number of halogens is 2. The van der Waals surface area contributed by atoms with Crippen LogP contribution in [0.1, 0.15) is 10.5 Å². The minimum Gasteiger partial charge on any atom is -0.451 e. The Balaban J connectivity index is 1.89. The topological polar surface area (TPSA) is 81.2 Å². The molecule has 0 aliphatic heterocycles. The van der Waals surface area contributed by atoms with Gasteiger partial charge in [0.2, 0.25) is 0 Å². The maximum absolute atomic E-state index is 12.8. The van der Waals surface area contributed by atoms with Crippen molar-refractivity contribution in [3.63, 3.8) is 0 Å². The highest BCUT2D eigenvalue weighted by Crippen LogP contribution is 2.22. The van der Waals surface area contributed by atoms with Crippen LogP contribution in [0.15, 0.2) is 36.8 Å². The Morgan fingerprint density at radius 3 is 2.81 bits per heavy atom. The van der Waals surface area contributed by atoms with Gasteiger partial charge in [-0.2, -0.15) is 0 Å². The summed E-state index contributed by atoms with van der Waals surface area (Å²) in [4.78, 5) is 30.6. The van der Waals surface area contributed by atoms with Gasteiger partial charge in [0.15, 0.2) is 12.3 Å². The van der Waals surface area contributed by atoms with Gasteiger partial charge in [-0.25, -0.2) is 14.2 Å². The van der Waals surface area contributed by atoms with Gasteiger partial charge in [-0.15, -0.1) is 0 Å². The van der Waals surface area contributed by atoms with Crippen molar-refractivity contribution in [1.82, 2.24) is 9.97 Å². The average molecular weight is 310 g/mol. The number of hydrogen-bond acceptors (Lipinski definition) is 5. The molecule has 1 N–H and O–H groups in total. The number of aromatic nitrogens is 2. The molecule has 0 atom stereocenters. The van der Waals surface area contributed by atoms with Crippen molar-refractivity contribution in [2.24, 2.45) is 0 Å². The summed E-state index contributed by atoms with van der Waals surface area (Å²) in [6, 6.07) is 3.51. The van der Waals surface area contributed by atoms with Crippen LogP contribution in [-0.2, 0) is 9.53 Å². The van der Waals surface area contributed by atoms with E-state index >= 15 is 0 Å². The SMILES string of the molecule is O=C(COC(=O)c1cnccn1)Nc1ccc(F)cc1Cl. The zero-order chi connectivity index (χ0) is 15.2. The molecule has 1 aromatic carbocycles. The molecule has 1 heterocycles. The van der Waals surface area contributed by atoms with E-state index in [1.165, 1.54) is 24.7 Å². The van der Waals surface area contributed by atoms with Crippen LogP contribution >= 0.6 is 11.6 Å². The third-order valence-electron chi connectivity index (χ3n) is 2.31. The molecule has 0 unspecified atom stereocenters. The van der Waals surface area contributed by atoms with Gasteiger partial charge in [0, 0.05) is 12.4 Å². The predicted octanol–water partition coefficient (Wildman–Crippen LogP) is 2.06. The van der Waals surface area contributed by atoms with Crippen LogP contribution in [0, 0.1) is 5.82 Å².